The van der Waals surface area contributed by atoms with Crippen molar-refractivity contribution in [3.63, 3.8) is 0 Å². The Morgan fingerprint density at radius 1 is 1.11 bits per heavy atom. The molecule has 36 heavy (non-hydrogen) atoms. The number of ether oxygens (including phenoxy) is 2. The van der Waals surface area contributed by atoms with Gasteiger partial charge in [0.05, 0.1) is 17.3 Å². The van der Waals surface area contributed by atoms with Crippen molar-refractivity contribution < 1.29 is 9.47 Å². The minimum atomic E-state index is 0.190. The Kier molecular flexibility index (Phi) is 9.87. The second-order valence-corrected chi connectivity index (χ2v) is 11.7. The van der Waals surface area contributed by atoms with E-state index in [2.05, 4.69) is 46.6 Å². The summed E-state index contributed by atoms with van der Waals surface area (Å²) in [4.78, 5) is 9.12. The van der Waals surface area contributed by atoms with Crippen LogP contribution in [0.25, 0.3) is 11.1 Å². The van der Waals surface area contributed by atoms with Crippen LogP contribution in [0.4, 0.5) is 5.69 Å². The Balaban J connectivity index is 1.39. The van der Waals surface area contributed by atoms with E-state index >= 15 is 0 Å². The van der Waals surface area contributed by atoms with Gasteiger partial charge in [-0.2, -0.15) is 0 Å². The molecule has 2 aliphatic rings. The van der Waals surface area contributed by atoms with Crippen LogP contribution in [0.5, 0.6) is 0 Å². The van der Waals surface area contributed by atoms with Gasteiger partial charge in [0.1, 0.15) is 0 Å². The summed E-state index contributed by atoms with van der Waals surface area (Å²) in [5.41, 5.74) is 4.01. The molecule has 2 aromatic heterocycles. The molecule has 1 atom stereocenters. The molecule has 3 heterocycles. The van der Waals surface area contributed by atoms with E-state index in [-0.39, 0.29) is 5.41 Å². The second kappa shape index (κ2) is 12.9. The van der Waals surface area contributed by atoms with Gasteiger partial charge in [0.2, 0.25) is 0 Å². The predicted octanol–water partition coefficient (Wildman–Crippen LogP) is 6.40. The summed E-state index contributed by atoms with van der Waals surface area (Å²) in [6.07, 6.45) is 11.4. The topological polar surface area (TPSA) is 68.3 Å². The van der Waals surface area contributed by atoms with E-state index in [4.69, 9.17) is 32.7 Å². The number of nitrogens with one attached hydrogen (secondary N) is 2. The number of aromatic nitrogens is 2. The van der Waals surface area contributed by atoms with Crippen LogP contribution in [0.1, 0.15) is 58.1 Å². The lowest BCUT2D eigenvalue weighted by Gasteiger charge is -2.34. The van der Waals surface area contributed by atoms with Gasteiger partial charge in [-0.3, -0.25) is 4.98 Å². The molecule has 1 aliphatic heterocycles. The Hall–Kier alpha value is -1.44. The molecular weight excluding hydrogens is 495 g/mol. The van der Waals surface area contributed by atoms with E-state index in [9.17, 15) is 0 Å². The largest absolute Gasteiger partial charge is 0.383 e. The summed E-state index contributed by atoms with van der Waals surface area (Å²) in [7, 11) is 1.76. The van der Waals surface area contributed by atoms with Crippen molar-refractivity contribution in [2.75, 3.05) is 38.8 Å². The van der Waals surface area contributed by atoms with Crippen molar-refractivity contribution in [3.05, 3.63) is 40.4 Å². The fraction of sp³-hybridized carbons (Fsp3) is 0.643. The molecule has 1 saturated carbocycles. The van der Waals surface area contributed by atoms with Crippen molar-refractivity contribution in [3.8, 4) is 11.1 Å². The van der Waals surface area contributed by atoms with Crippen LogP contribution in [0.2, 0.25) is 10.2 Å². The standard InChI is InChI=1S/C28H40Cl2N4O2/c1-19(17-35-3)34-22-6-4-20(5-7-22)12-23-14-24(25(29)16-31-23)21-13-26(27(30)32-15-21)33-18-28(2)8-10-36-11-9-28/h13-16,19-20,22,33-34H,4-12,17-18H2,1-3H3/t19-,20?,22?/m1/s1. The first-order valence-corrected chi connectivity index (χ1v) is 14.0. The second-order valence-electron chi connectivity index (χ2n) is 10.9. The van der Waals surface area contributed by atoms with E-state index in [1.165, 1.54) is 25.7 Å². The van der Waals surface area contributed by atoms with Crippen LogP contribution in [0.3, 0.4) is 0 Å². The molecule has 1 saturated heterocycles. The zero-order valence-electron chi connectivity index (χ0n) is 21.8. The Labute approximate surface area is 225 Å². The molecule has 8 heteroatoms. The lowest BCUT2D eigenvalue weighted by molar-refractivity contribution is 0.0300. The average molecular weight is 536 g/mol. The normalized spacial score (nSPS) is 22.8. The fourth-order valence-corrected chi connectivity index (χ4v) is 5.80. The summed E-state index contributed by atoms with van der Waals surface area (Å²) >= 11 is 13.1. The van der Waals surface area contributed by atoms with Gasteiger partial charge in [0, 0.05) is 68.2 Å². The molecule has 0 amide bonds. The van der Waals surface area contributed by atoms with Crippen molar-refractivity contribution >= 4 is 28.9 Å². The molecule has 6 nitrogen and oxygen atoms in total. The van der Waals surface area contributed by atoms with E-state index in [0.29, 0.717) is 28.2 Å². The smallest absolute Gasteiger partial charge is 0.152 e. The molecule has 198 valence electrons. The molecule has 0 radical (unpaired) electrons. The van der Waals surface area contributed by atoms with E-state index < -0.39 is 0 Å². The first kappa shape index (κ1) is 27.6. The quantitative estimate of drug-likeness (QED) is 0.343. The number of hydrogen-bond donors (Lipinski definition) is 2. The summed E-state index contributed by atoms with van der Waals surface area (Å²) in [5, 5.41) is 8.34. The monoisotopic (exact) mass is 534 g/mol. The van der Waals surface area contributed by atoms with Crippen molar-refractivity contribution in [2.45, 2.75) is 70.9 Å². The summed E-state index contributed by atoms with van der Waals surface area (Å²) in [6.45, 7) is 7.69. The molecule has 0 spiro atoms. The minimum Gasteiger partial charge on any atom is -0.383 e. The van der Waals surface area contributed by atoms with E-state index in [1.54, 1.807) is 19.5 Å². The molecule has 0 bridgehead atoms. The van der Waals surface area contributed by atoms with Gasteiger partial charge in [0.15, 0.2) is 5.15 Å². The number of hydrogen-bond acceptors (Lipinski definition) is 6. The van der Waals surface area contributed by atoms with Gasteiger partial charge in [-0.25, -0.2) is 4.98 Å². The average Bonchev–Trinajstić information content (AvgIpc) is 2.87. The summed E-state index contributed by atoms with van der Waals surface area (Å²) < 4.78 is 10.8. The van der Waals surface area contributed by atoms with Crippen LogP contribution in [0, 0.1) is 11.3 Å². The Morgan fingerprint density at radius 2 is 1.86 bits per heavy atom. The van der Waals surface area contributed by atoms with Crippen molar-refractivity contribution in [1.82, 2.24) is 15.3 Å². The Morgan fingerprint density at radius 3 is 2.58 bits per heavy atom. The number of rotatable bonds is 10. The van der Waals surface area contributed by atoms with Gasteiger partial charge >= 0.3 is 0 Å². The van der Waals surface area contributed by atoms with Crippen LogP contribution >= 0.6 is 23.2 Å². The number of anilines is 1. The molecule has 1 aliphatic carbocycles. The van der Waals surface area contributed by atoms with Crippen molar-refractivity contribution in [1.29, 1.82) is 0 Å². The van der Waals surface area contributed by atoms with Gasteiger partial charge in [-0.1, -0.05) is 30.1 Å². The van der Waals surface area contributed by atoms with Gasteiger partial charge < -0.3 is 20.1 Å². The van der Waals surface area contributed by atoms with Gasteiger partial charge in [-0.05, 0) is 75.3 Å². The predicted molar refractivity (Wildman–Crippen MR) is 148 cm³/mol. The number of halogens is 2. The summed E-state index contributed by atoms with van der Waals surface area (Å²) in [5.74, 6) is 0.642. The van der Waals surface area contributed by atoms with E-state index in [0.717, 1.165) is 68.1 Å². The number of methoxy groups -OCH3 is 1. The Bertz CT molecular complexity index is 992. The highest BCUT2D eigenvalue weighted by Gasteiger charge is 2.27. The molecule has 2 fully saturated rings. The number of pyridine rings is 2. The molecule has 0 unspecified atom stereocenters. The highest BCUT2D eigenvalue weighted by molar-refractivity contribution is 6.33. The molecular formula is C28H40Cl2N4O2. The van der Waals surface area contributed by atoms with Gasteiger partial charge in [0.25, 0.3) is 0 Å². The first-order chi connectivity index (χ1) is 17.3. The maximum Gasteiger partial charge on any atom is 0.152 e. The fourth-order valence-electron chi connectivity index (χ4n) is 5.41. The van der Waals surface area contributed by atoms with Crippen molar-refractivity contribution in [2.24, 2.45) is 11.3 Å². The van der Waals surface area contributed by atoms with Gasteiger partial charge in [-0.15, -0.1) is 0 Å². The van der Waals surface area contributed by atoms with Crippen LogP contribution < -0.4 is 10.6 Å². The lowest BCUT2D eigenvalue weighted by Crippen LogP contribution is -2.41. The third kappa shape index (κ3) is 7.55. The molecule has 0 aromatic carbocycles. The molecule has 4 rings (SSSR count). The maximum atomic E-state index is 6.60. The molecule has 2 aromatic rings. The highest BCUT2D eigenvalue weighted by atomic mass is 35.5. The molecule has 2 N–H and O–H groups in total. The number of nitrogens with zero attached hydrogens (tertiary/aromatic N) is 2. The summed E-state index contributed by atoms with van der Waals surface area (Å²) in [6, 6.07) is 5.15. The maximum absolute atomic E-state index is 6.60. The third-order valence-electron chi connectivity index (χ3n) is 7.75. The van der Waals surface area contributed by atoms with E-state index in [1.807, 2.05) is 0 Å². The van der Waals surface area contributed by atoms with Crippen LogP contribution in [0.15, 0.2) is 24.5 Å². The van der Waals surface area contributed by atoms with Crippen LogP contribution in [-0.2, 0) is 15.9 Å². The first-order valence-electron chi connectivity index (χ1n) is 13.2. The zero-order chi connectivity index (χ0) is 25.5. The zero-order valence-corrected chi connectivity index (χ0v) is 23.3. The third-order valence-corrected chi connectivity index (χ3v) is 8.35. The highest BCUT2D eigenvalue weighted by Crippen LogP contribution is 2.35. The minimum absolute atomic E-state index is 0.190. The van der Waals surface area contributed by atoms with Crippen LogP contribution in [-0.4, -0.2) is 55.5 Å². The lowest BCUT2D eigenvalue weighted by atomic mass is 9.82. The SMILES string of the molecule is COC[C@@H](C)NC1CCC(Cc2cc(-c3cnc(Cl)c(NCC4(C)CCOCC4)c3)c(Cl)cn2)CC1.